The van der Waals surface area contributed by atoms with Gasteiger partial charge in [-0.3, -0.25) is 5.41 Å². The lowest BCUT2D eigenvalue weighted by Gasteiger charge is -2.13. The molecule has 82 valence electrons. The van der Waals surface area contributed by atoms with Crippen LogP contribution in [0.25, 0.3) is 0 Å². The molecule has 3 nitrogen and oxygen atoms in total. The summed E-state index contributed by atoms with van der Waals surface area (Å²) in [4.78, 5) is 1.82. The Balaban J connectivity index is 2.60. The maximum atomic E-state index is 7.71. The Kier molecular flexibility index (Phi) is 4.16. The van der Waals surface area contributed by atoms with Crippen LogP contribution in [0.4, 0.5) is 0 Å². The molecule has 0 saturated carbocycles. The molecule has 0 aliphatic carbocycles. The van der Waals surface area contributed by atoms with Crippen LogP contribution < -0.4 is 4.74 Å². The highest BCUT2D eigenvalue weighted by molar-refractivity contribution is 5.80. The third-order valence-corrected chi connectivity index (χ3v) is 2.15. The molecule has 0 unspecified atom stereocenters. The minimum absolute atomic E-state index is 0.610. The van der Waals surface area contributed by atoms with Crippen molar-refractivity contribution in [3.8, 4) is 5.75 Å². The van der Waals surface area contributed by atoms with Gasteiger partial charge in [-0.1, -0.05) is 12.1 Å². The third kappa shape index (κ3) is 3.62. The minimum atomic E-state index is 0.610. The molecule has 0 heterocycles. The lowest BCUT2D eigenvalue weighted by molar-refractivity contribution is 0.340. The molecule has 0 atom stereocenters. The van der Waals surface area contributed by atoms with E-state index in [9.17, 15) is 0 Å². The Bertz CT molecular complexity index is 317. The summed E-state index contributed by atoms with van der Waals surface area (Å²) in [5.41, 5.74) is 1.14. The van der Waals surface area contributed by atoms with Gasteiger partial charge in [0.25, 0.3) is 0 Å². The fraction of sp³-hybridized carbons (Fsp3) is 0.417. The molecule has 1 rings (SSSR count). The molecule has 0 amide bonds. The number of likely N-dealkylation sites (N-methyl/N-ethyl adjacent to an activating group) is 1. The molecular weight excluding hydrogens is 188 g/mol. The number of nitrogens with zero attached hydrogens (tertiary/aromatic N) is 1. The van der Waals surface area contributed by atoms with Crippen LogP contribution in [0.5, 0.6) is 5.75 Å². The van der Waals surface area contributed by atoms with Crippen molar-refractivity contribution in [3.63, 3.8) is 0 Å². The second kappa shape index (κ2) is 5.39. The van der Waals surface area contributed by atoms with Crippen molar-refractivity contribution < 1.29 is 4.74 Å². The lowest BCUT2D eigenvalue weighted by atomic mass is 10.1. The predicted octanol–water partition coefficient (Wildman–Crippen LogP) is 2.17. The first-order valence-electron chi connectivity index (χ1n) is 5.10. The molecule has 0 aliphatic rings. The Morgan fingerprint density at radius 3 is 2.33 bits per heavy atom. The van der Waals surface area contributed by atoms with Crippen molar-refractivity contribution in [2.75, 3.05) is 20.7 Å². The van der Waals surface area contributed by atoms with Gasteiger partial charge in [0, 0.05) is 20.5 Å². The van der Waals surface area contributed by atoms with Crippen molar-refractivity contribution in [1.29, 1.82) is 5.41 Å². The molecule has 0 spiro atoms. The van der Waals surface area contributed by atoms with Gasteiger partial charge in [0.1, 0.15) is 5.75 Å². The zero-order valence-corrected chi connectivity index (χ0v) is 9.58. The Morgan fingerprint density at radius 1 is 1.27 bits per heavy atom. The van der Waals surface area contributed by atoms with E-state index in [1.807, 2.05) is 50.2 Å². The third-order valence-electron chi connectivity index (χ3n) is 2.15. The summed E-state index contributed by atoms with van der Waals surface area (Å²) in [6.45, 7) is 2.66. The van der Waals surface area contributed by atoms with Crippen LogP contribution >= 0.6 is 0 Å². The van der Waals surface area contributed by atoms with E-state index in [1.165, 1.54) is 0 Å². The molecular formula is C12H18N2O. The number of ether oxygens (including phenoxy) is 1. The summed E-state index contributed by atoms with van der Waals surface area (Å²) in [5.74, 6) is 1.50. The largest absolute Gasteiger partial charge is 0.494 e. The van der Waals surface area contributed by atoms with E-state index in [0.717, 1.165) is 11.3 Å². The number of benzene rings is 1. The average molecular weight is 206 g/mol. The van der Waals surface area contributed by atoms with Gasteiger partial charge in [-0.2, -0.15) is 0 Å². The number of hydrogen-bond acceptors (Lipinski definition) is 2. The van der Waals surface area contributed by atoms with E-state index >= 15 is 0 Å². The standard InChI is InChI=1S/C12H18N2O/c1-4-15-11-7-5-10(6-8-11)9-12(13)14(2)3/h5-8,13H,4,9H2,1-3H3. The molecule has 0 saturated heterocycles. The van der Waals surface area contributed by atoms with E-state index < -0.39 is 0 Å². The van der Waals surface area contributed by atoms with Crippen LogP contribution in [0.1, 0.15) is 12.5 Å². The Hall–Kier alpha value is -1.51. The van der Waals surface area contributed by atoms with Gasteiger partial charge in [0.2, 0.25) is 0 Å². The van der Waals surface area contributed by atoms with Crippen molar-refractivity contribution in [1.82, 2.24) is 4.90 Å². The normalized spacial score (nSPS) is 9.80. The molecule has 1 aromatic carbocycles. The second-order valence-electron chi connectivity index (χ2n) is 3.59. The van der Waals surface area contributed by atoms with Gasteiger partial charge in [-0.15, -0.1) is 0 Å². The second-order valence-corrected chi connectivity index (χ2v) is 3.59. The van der Waals surface area contributed by atoms with Gasteiger partial charge in [0.15, 0.2) is 0 Å². The maximum Gasteiger partial charge on any atom is 0.119 e. The lowest BCUT2D eigenvalue weighted by Crippen LogP contribution is -2.22. The van der Waals surface area contributed by atoms with Gasteiger partial charge < -0.3 is 9.64 Å². The molecule has 3 heteroatoms. The van der Waals surface area contributed by atoms with E-state index in [4.69, 9.17) is 10.1 Å². The quantitative estimate of drug-likeness (QED) is 0.605. The highest BCUT2D eigenvalue weighted by Crippen LogP contribution is 2.12. The fourth-order valence-electron chi connectivity index (χ4n) is 1.22. The van der Waals surface area contributed by atoms with Crippen molar-refractivity contribution in [2.24, 2.45) is 0 Å². The molecule has 0 radical (unpaired) electrons. The molecule has 15 heavy (non-hydrogen) atoms. The van der Waals surface area contributed by atoms with Gasteiger partial charge in [-0.25, -0.2) is 0 Å². The first kappa shape index (κ1) is 11.6. The van der Waals surface area contributed by atoms with Crippen LogP contribution in [0.15, 0.2) is 24.3 Å². The van der Waals surface area contributed by atoms with Gasteiger partial charge in [-0.05, 0) is 24.6 Å². The molecule has 1 aromatic rings. The fourth-order valence-corrected chi connectivity index (χ4v) is 1.22. The smallest absolute Gasteiger partial charge is 0.119 e. The van der Waals surface area contributed by atoms with Crippen LogP contribution in [0.2, 0.25) is 0 Å². The molecule has 0 aliphatic heterocycles. The average Bonchev–Trinajstić information content (AvgIpc) is 2.21. The summed E-state index contributed by atoms with van der Waals surface area (Å²) in [5, 5.41) is 7.71. The summed E-state index contributed by atoms with van der Waals surface area (Å²) in [7, 11) is 3.77. The number of amidine groups is 1. The Morgan fingerprint density at radius 2 is 1.87 bits per heavy atom. The summed E-state index contributed by atoms with van der Waals surface area (Å²) < 4.78 is 5.35. The van der Waals surface area contributed by atoms with Gasteiger partial charge in [0.05, 0.1) is 12.4 Å². The zero-order valence-electron chi connectivity index (χ0n) is 9.58. The van der Waals surface area contributed by atoms with Crippen LogP contribution in [-0.2, 0) is 6.42 Å². The summed E-state index contributed by atoms with van der Waals surface area (Å²) in [6, 6.07) is 7.90. The van der Waals surface area contributed by atoms with Crippen molar-refractivity contribution >= 4 is 5.84 Å². The van der Waals surface area contributed by atoms with E-state index in [2.05, 4.69) is 0 Å². The van der Waals surface area contributed by atoms with E-state index in [1.54, 1.807) is 0 Å². The maximum absolute atomic E-state index is 7.71. The Labute approximate surface area is 91.2 Å². The molecule has 0 aromatic heterocycles. The zero-order chi connectivity index (χ0) is 11.3. The van der Waals surface area contributed by atoms with Crippen molar-refractivity contribution in [2.45, 2.75) is 13.3 Å². The molecule has 1 N–H and O–H groups in total. The van der Waals surface area contributed by atoms with Crippen LogP contribution in [-0.4, -0.2) is 31.4 Å². The highest BCUT2D eigenvalue weighted by Gasteiger charge is 2.01. The number of hydrogen-bond donors (Lipinski definition) is 1. The molecule has 0 bridgehead atoms. The monoisotopic (exact) mass is 206 g/mol. The first-order valence-corrected chi connectivity index (χ1v) is 5.10. The van der Waals surface area contributed by atoms with Crippen LogP contribution in [0, 0.1) is 5.41 Å². The number of rotatable bonds is 4. The summed E-state index contributed by atoms with van der Waals surface area (Å²) in [6.07, 6.45) is 0.666. The SMILES string of the molecule is CCOc1ccc(CC(=N)N(C)C)cc1. The molecule has 0 fully saturated rings. The topological polar surface area (TPSA) is 36.3 Å². The highest BCUT2D eigenvalue weighted by atomic mass is 16.5. The first-order chi connectivity index (χ1) is 7.13. The minimum Gasteiger partial charge on any atom is -0.494 e. The van der Waals surface area contributed by atoms with E-state index in [0.29, 0.717) is 18.9 Å². The van der Waals surface area contributed by atoms with Crippen LogP contribution in [0.3, 0.4) is 0 Å². The van der Waals surface area contributed by atoms with Crippen molar-refractivity contribution in [3.05, 3.63) is 29.8 Å². The number of nitrogens with one attached hydrogen (secondary N) is 1. The van der Waals surface area contributed by atoms with E-state index in [-0.39, 0.29) is 0 Å². The summed E-state index contributed by atoms with van der Waals surface area (Å²) >= 11 is 0. The predicted molar refractivity (Wildman–Crippen MR) is 62.7 cm³/mol. The van der Waals surface area contributed by atoms with Gasteiger partial charge >= 0.3 is 0 Å².